The van der Waals surface area contributed by atoms with E-state index < -0.39 is 0 Å². The zero-order valence-corrected chi connectivity index (χ0v) is 21.3. The molecule has 0 N–H and O–H groups in total. The van der Waals surface area contributed by atoms with Gasteiger partial charge in [0.15, 0.2) is 0 Å². The molecule has 2 aliphatic rings. The molecule has 0 aromatic carbocycles. The molecule has 2 aliphatic heterocycles. The van der Waals surface area contributed by atoms with E-state index in [0.29, 0.717) is 26.1 Å². The number of esters is 2. The molecule has 0 saturated carbocycles. The monoisotopic (exact) mass is 460 g/mol. The highest BCUT2D eigenvalue weighted by Crippen LogP contribution is 2.43. The van der Waals surface area contributed by atoms with Gasteiger partial charge in [-0.25, -0.2) is 0 Å². The van der Waals surface area contributed by atoms with Crippen LogP contribution in [0.15, 0.2) is 0 Å². The van der Waals surface area contributed by atoms with Crippen LogP contribution in [0.5, 0.6) is 0 Å². The van der Waals surface area contributed by atoms with E-state index in [0.717, 1.165) is 44.2 Å². The Hall–Kier alpha value is -0.440. The summed E-state index contributed by atoms with van der Waals surface area (Å²) in [6.07, 6.45) is 0.807. The zero-order valence-electron chi connectivity index (χ0n) is 19.6. The van der Waals surface area contributed by atoms with E-state index in [2.05, 4.69) is 30.6 Å². The number of carbonyl (C=O) groups is 2. The van der Waals surface area contributed by atoms with Gasteiger partial charge in [0.05, 0.1) is 18.3 Å². The minimum absolute atomic E-state index is 0.0890. The average Bonchev–Trinajstić information content (AvgIpc) is 3.11. The molecule has 0 amide bonds. The van der Waals surface area contributed by atoms with E-state index in [1.807, 2.05) is 20.8 Å². The van der Waals surface area contributed by atoms with E-state index in [4.69, 9.17) is 9.47 Å². The third-order valence-electron chi connectivity index (χ3n) is 5.52. The molecule has 174 valence electrons. The molecule has 0 unspecified atom stereocenters. The summed E-state index contributed by atoms with van der Waals surface area (Å²) in [6, 6.07) is 0. The van der Waals surface area contributed by atoms with Crippen LogP contribution in [0.3, 0.4) is 0 Å². The van der Waals surface area contributed by atoms with Crippen molar-refractivity contribution < 1.29 is 19.1 Å². The number of hydrogen-bond acceptors (Lipinski definition) is 8. The highest BCUT2D eigenvalue weighted by molar-refractivity contribution is 8.77. The Bertz CT molecular complexity index is 573. The van der Waals surface area contributed by atoms with Gasteiger partial charge in [0.1, 0.15) is 13.2 Å². The fourth-order valence-electron chi connectivity index (χ4n) is 3.50. The van der Waals surface area contributed by atoms with Crippen molar-refractivity contribution in [1.29, 1.82) is 0 Å². The Kier molecular flexibility index (Phi) is 9.40. The van der Waals surface area contributed by atoms with Gasteiger partial charge in [0.25, 0.3) is 0 Å². The summed E-state index contributed by atoms with van der Waals surface area (Å²) in [5, 5.41) is 0. The van der Waals surface area contributed by atoms with Crippen LogP contribution in [0.2, 0.25) is 0 Å². The Labute approximate surface area is 190 Å². The Morgan fingerprint density at radius 1 is 0.867 bits per heavy atom. The van der Waals surface area contributed by atoms with Crippen LogP contribution in [0, 0.1) is 10.8 Å². The molecule has 0 atom stereocenters. The Morgan fingerprint density at radius 2 is 1.40 bits per heavy atom. The van der Waals surface area contributed by atoms with E-state index in [1.165, 1.54) is 0 Å². The number of ether oxygens (including phenoxy) is 2. The lowest BCUT2D eigenvalue weighted by Crippen LogP contribution is -2.53. The third-order valence-corrected chi connectivity index (χ3v) is 8.35. The lowest BCUT2D eigenvalue weighted by Gasteiger charge is -2.42. The van der Waals surface area contributed by atoms with Gasteiger partial charge in [-0.3, -0.25) is 14.5 Å². The molecule has 0 bridgehead atoms. The molecule has 2 saturated heterocycles. The number of nitrogens with zero attached hydrogens (tertiary/aromatic N) is 2. The fourth-order valence-corrected chi connectivity index (χ4v) is 6.83. The highest BCUT2D eigenvalue weighted by atomic mass is 33.1. The Morgan fingerprint density at radius 3 is 1.90 bits per heavy atom. The van der Waals surface area contributed by atoms with Crippen molar-refractivity contribution in [2.45, 2.75) is 59.9 Å². The van der Waals surface area contributed by atoms with Crippen molar-refractivity contribution >= 4 is 33.5 Å². The lowest BCUT2D eigenvalue weighted by molar-refractivity contribution is -0.153. The molecule has 6 nitrogen and oxygen atoms in total. The van der Waals surface area contributed by atoms with Crippen LogP contribution in [0.4, 0.5) is 0 Å². The Balaban J connectivity index is 1.70. The zero-order chi connectivity index (χ0) is 22.4. The van der Waals surface area contributed by atoms with Gasteiger partial charge in [-0.05, 0) is 26.2 Å². The maximum atomic E-state index is 12.4. The summed E-state index contributed by atoms with van der Waals surface area (Å²) in [7, 11) is 3.51. The second kappa shape index (κ2) is 10.9. The average molecular weight is 461 g/mol. The van der Waals surface area contributed by atoms with E-state index in [9.17, 15) is 9.59 Å². The predicted octanol–water partition coefficient (Wildman–Crippen LogP) is 3.70. The van der Waals surface area contributed by atoms with Gasteiger partial charge < -0.3 is 14.4 Å². The van der Waals surface area contributed by atoms with Crippen LogP contribution in [0.1, 0.15) is 54.4 Å². The topological polar surface area (TPSA) is 59.1 Å². The van der Waals surface area contributed by atoms with Crippen molar-refractivity contribution in [3.63, 3.8) is 0 Å². The van der Waals surface area contributed by atoms with E-state index in [-0.39, 0.29) is 28.3 Å². The summed E-state index contributed by atoms with van der Waals surface area (Å²) in [5.41, 5.74) is -0.155. The van der Waals surface area contributed by atoms with Crippen molar-refractivity contribution in [3.05, 3.63) is 0 Å². The van der Waals surface area contributed by atoms with Gasteiger partial charge in [0.2, 0.25) is 0 Å². The number of rotatable bonds is 8. The maximum Gasteiger partial charge on any atom is 0.307 e. The van der Waals surface area contributed by atoms with Crippen LogP contribution in [0.25, 0.3) is 0 Å². The molecule has 2 heterocycles. The second-order valence-corrected chi connectivity index (χ2v) is 13.3. The normalized spacial score (nSPS) is 20.9. The number of hydrogen-bond donors (Lipinski definition) is 0. The molecule has 8 heteroatoms. The van der Waals surface area contributed by atoms with E-state index in [1.54, 1.807) is 21.6 Å². The molecule has 2 fully saturated rings. The molecule has 0 spiro atoms. The molecular weight excluding hydrogens is 420 g/mol. The smallest absolute Gasteiger partial charge is 0.307 e. The molecule has 30 heavy (non-hydrogen) atoms. The van der Waals surface area contributed by atoms with Crippen LogP contribution in [-0.4, -0.2) is 84.7 Å². The quantitative estimate of drug-likeness (QED) is 0.401. The highest BCUT2D eigenvalue weighted by Gasteiger charge is 2.38. The van der Waals surface area contributed by atoms with Crippen LogP contribution in [-0.2, 0) is 19.1 Å². The first kappa shape index (κ1) is 25.8. The van der Waals surface area contributed by atoms with Crippen molar-refractivity contribution in [2.24, 2.45) is 10.8 Å². The molecule has 0 radical (unpaired) electrons. The van der Waals surface area contributed by atoms with Gasteiger partial charge in [-0.15, -0.1) is 0 Å². The summed E-state index contributed by atoms with van der Waals surface area (Å²) in [4.78, 5) is 29.3. The van der Waals surface area contributed by atoms with Crippen molar-refractivity contribution in [1.82, 2.24) is 9.80 Å². The molecule has 2 rings (SSSR count). The third kappa shape index (κ3) is 8.97. The molecule has 0 aromatic rings. The maximum absolute atomic E-state index is 12.4. The standard InChI is InChI=1S/C22H40N2O4S2/c1-20(2,3)13-19(26)28-15-22(16-29-30-17-22)14-27-18(25)7-8-23-9-11-24(12-10-23)21(4,5)6/h7-17H2,1-6H3. The lowest BCUT2D eigenvalue weighted by atomic mass is 9.92. The summed E-state index contributed by atoms with van der Waals surface area (Å²) in [6.45, 7) is 18.3. The first-order chi connectivity index (χ1) is 13.9. The minimum Gasteiger partial charge on any atom is -0.465 e. The van der Waals surface area contributed by atoms with E-state index >= 15 is 0 Å². The van der Waals surface area contributed by atoms with Crippen molar-refractivity contribution in [2.75, 3.05) is 57.4 Å². The van der Waals surface area contributed by atoms with Gasteiger partial charge in [-0.2, -0.15) is 0 Å². The molecule has 0 aliphatic carbocycles. The van der Waals surface area contributed by atoms with Gasteiger partial charge in [-0.1, -0.05) is 42.4 Å². The number of piperazine rings is 1. The van der Waals surface area contributed by atoms with Crippen molar-refractivity contribution in [3.8, 4) is 0 Å². The fraction of sp³-hybridized carbons (Fsp3) is 0.909. The van der Waals surface area contributed by atoms with Crippen LogP contribution < -0.4 is 0 Å². The predicted molar refractivity (Wildman–Crippen MR) is 126 cm³/mol. The molecular formula is C22H40N2O4S2. The van der Waals surface area contributed by atoms with Crippen LogP contribution >= 0.6 is 21.6 Å². The number of carbonyl (C=O) groups excluding carboxylic acids is 2. The van der Waals surface area contributed by atoms with Gasteiger partial charge >= 0.3 is 11.9 Å². The first-order valence-electron chi connectivity index (χ1n) is 10.9. The molecule has 0 aromatic heterocycles. The second-order valence-electron chi connectivity index (χ2n) is 10.8. The first-order valence-corrected chi connectivity index (χ1v) is 13.4. The SMILES string of the molecule is CC(C)(C)CC(=O)OCC1(COC(=O)CCN2CCN(C(C)(C)C)CC2)CSSC1. The summed E-state index contributed by atoms with van der Waals surface area (Å²) >= 11 is 0. The summed E-state index contributed by atoms with van der Waals surface area (Å²) in [5.74, 6) is 1.34. The summed E-state index contributed by atoms with van der Waals surface area (Å²) < 4.78 is 11.2. The minimum atomic E-state index is -0.267. The van der Waals surface area contributed by atoms with Gasteiger partial charge in [0, 0.05) is 49.8 Å². The largest absolute Gasteiger partial charge is 0.465 e.